The van der Waals surface area contributed by atoms with Crippen molar-refractivity contribution in [3.63, 3.8) is 0 Å². The molecule has 0 aliphatic heterocycles. The molecule has 2 aromatic heterocycles. The Bertz CT molecular complexity index is 1590. The van der Waals surface area contributed by atoms with Crippen LogP contribution in [-0.2, 0) is 25.5 Å². The Morgan fingerprint density at radius 1 is 0.595 bits per heavy atom. The molecule has 0 spiro atoms. The minimum absolute atomic E-state index is 0. The smallest absolute Gasteiger partial charge is 0.0167 e. The minimum Gasteiger partial charge on any atom is -0.305 e. The quantitative estimate of drug-likeness (QED) is 0.138. The normalized spacial score (nSPS) is 10.9. The molecular formula is C34H28IrN2-2. The summed E-state index contributed by atoms with van der Waals surface area (Å²) in [7, 11) is 0. The standard InChI is InChI=1S/C19H12N.C15H16N.Ir/c1-2-7-15(8-3-1)19-18-11-10-14-6-4-5-9-16(14)17(18)12-13-20-19;1-15(2,3)13-9-7-12(8-10-13)14-6-4-5-11-16-14;/h1-7,9-13H;4-7,9-11H,1-3H3;/q2*-1;. The van der Waals surface area contributed by atoms with Crippen LogP contribution in [0, 0.1) is 12.1 Å². The molecule has 0 saturated carbocycles. The summed E-state index contributed by atoms with van der Waals surface area (Å²) in [5, 5.41) is 4.94. The molecular weight excluding hydrogens is 629 g/mol. The Balaban J connectivity index is 0.000000173. The van der Waals surface area contributed by atoms with Crippen molar-refractivity contribution in [3.05, 3.63) is 133 Å². The Kier molecular flexibility index (Phi) is 8.28. The van der Waals surface area contributed by atoms with Crippen LogP contribution in [0.5, 0.6) is 0 Å². The zero-order chi connectivity index (χ0) is 25.0. The molecule has 0 aliphatic rings. The summed E-state index contributed by atoms with van der Waals surface area (Å²) < 4.78 is 0. The summed E-state index contributed by atoms with van der Waals surface area (Å²) in [4.78, 5) is 8.86. The first kappa shape index (κ1) is 26.4. The zero-order valence-electron chi connectivity index (χ0n) is 21.2. The van der Waals surface area contributed by atoms with Crippen molar-refractivity contribution >= 4 is 21.5 Å². The van der Waals surface area contributed by atoms with E-state index in [4.69, 9.17) is 0 Å². The first-order valence-electron chi connectivity index (χ1n) is 12.2. The number of fused-ring (bicyclic) bond motifs is 3. The Hall–Kier alpha value is -3.65. The largest absolute Gasteiger partial charge is 0.305 e. The van der Waals surface area contributed by atoms with Crippen LogP contribution in [0.4, 0.5) is 0 Å². The molecule has 185 valence electrons. The summed E-state index contributed by atoms with van der Waals surface area (Å²) in [5.74, 6) is 0. The van der Waals surface area contributed by atoms with Gasteiger partial charge in [-0.05, 0) is 50.5 Å². The van der Waals surface area contributed by atoms with Gasteiger partial charge in [0.2, 0.25) is 0 Å². The average molecular weight is 657 g/mol. The maximum absolute atomic E-state index is 4.55. The predicted octanol–water partition coefficient (Wildman–Crippen LogP) is 8.70. The molecule has 3 heteroatoms. The van der Waals surface area contributed by atoms with Crippen LogP contribution >= 0.6 is 0 Å². The van der Waals surface area contributed by atoms with Gasteiger partial charge in [-0.15, -0.1) is 71.3 Å². The van der Waals surface area contributed by atoms with Crippen LogP contribution in [-0.4, -0.2) is 9.97 Å². The monoisotopic (exact) mass is 657 g/mol. The molecule has 0 saturated heterocycles. The first-order chi connectivity index (χ1) is 17.5. The second kappa shape index (κ2) is 11.6. The maximum atomic E-state index is 4.55. The van der Waals surface area contributed by atoms with Crippen molar-refractivity contribution in [2.24, 2.45) is 0 Å². The fourth-order valence-electron chi connectivity index (χ4n) is 4.27. The zero-order valence-corrected chi connectivity index (χ0v) is 23.6. The molecule has 2 nitrogen and oxygen atoms in total. The molecule has 0 amide bonds. The molecule has 6 aromatic rings. The van der Waals surface area contributed by atoms with E-state index in [-0.39, 0.29) is 25.5 Å². The van der Waals surface area contributed by atoms with E-state index in [9.17, 15) is 0 Å². The van der Waals surface area contributed by atoms with Crippen LogP contribution in [0.2, 0.25) is 0 Å². The average Bonchev–Trinajstić information content (AvgIpc) is 2.93. The molecule has 37 heavy (non-hydrogen) atoms. The number of benzene rings is 4. The second-order valence-electron chi connectivity index (χ2n) is 9.77. The molecule has 4 aromatic carbocycles. The fraction of sp³-hybridized carbons (Fsp3) is 0.118. The summed E-state index contributed by atoms with van der Waals surface area (Å²) in [6.45, 7) is 6.61. The molecule has 0 atom stereocenters. The van der Waals surface area contributed by atoms with E-state index in [0.29, 0.717) is 0 Å². The van der Waals surface area contributed by atoms with Gasteiger partial charge in [0, 0.05) is 32.5 Å². The van der Waals surface area contributed by atoms with Crippen molar-refractivity contribution in [3.8, 4) is 22.5 Å². The van der Waals surface area contributed by atoms with Crippen molar-refractivity contribution < 1.29 is 20.1 Å². The van der Waals surface area contributed by atoms with Gasteiger partial charge >= 0.3 is 0 Å². The van der Waals surface area contributed by atoms with Crippen molar-refractivity contribution in [1.82, 2.24) is 9.97 Å². The molecule has 0 aliphatic carbocycles. The van der Waals surface area contributed by atoms with E-state index in [1.807, 2.05) is 42.6 Å². The Labute approximate surface area is 232 Å². The summed E-state index contributed by atoms with van der Waals surface area (Å²) in [5.41, 5.74) is 5.53. The number of aromatic nitrogens is 2. The third-order valence-electron chi connectivity index (χ3n) is 6.25. The Morgan fingerprint density at radius 3 is 2.11 bits per heavy atom. The van der Waals surface area contributed by atoms with Gasteiger partial charge in [0.15, 0.2) is 0 Å². The van der Waals surface area contributed by atoms with Crippen molar-refractivity contribution in [2.75, 3.05) is 0 Å². The second-order valence-corrected chi connectivity index (χ2v) is 9.77. The number of hydrogen-bond donors (Lipinski definition) is 0. The van der Waals surface area contributed by atoms with Crippen LogP contribution in [0.25, 0.3) is 44.1 Å². The predicted molar refractivity (Wildman–Crippen MR) is 151 cm³/mol. The van der Waals surface area contributed by atoms with Crippen LogP contribution in [0.3, 0.4) is 0 Å². The van der Waals surface area contributed by atoms with Gasteiger partial charge in [-0.1, -0.05) is 69.3 Å². The number of nitrogens with zero attached hydrogens (tertiary/aromatic N) is 2. The van der Waals surface area contributed by atoms with Crippen molar-refractivity contribution in [1.29, 1.82) is 0 Å². The van der Waals surface area contributed by atoms with Crippen LogP contribution < -0.4 is 0 Å². The van der Waals surface area contributed by atoms with Gasteiger partial charge in [-0.3, -0.25) is 0 Å². The van der Waals surface area contributed by atoms with Crippen LogP contribution in [0.15, 0.2) is 116 Å². The number of rotatable bonds is 2. The number of hydrogen-bond acceptors (Lipinski definition) is 2. The van der Waals surface area contributed by atoms with Crippen molar-refractivity contribution in [2.45, 2.75) is 26.2 Å². The molecule has 0 N–H and O–H groups in total. The van der Waals surface area contributed by atoms with Gasteiger partial charge in [0.25, 0.3) is 0 Å². The first-order valence-corrected chi connectivity index (χ1v) is 12.2. The maximum Gasteiger partial charge on any atom is 0.0167 e. The minimum atomic E-state index is 0. The van der Waals surface area contributed by atoms with E-state index in [1.54, 1.807) is 6.20 Å². The summed E-state index contributed by atoms with van der Waals surface area (Å²) in [6, 6.07) is 41.6. The van der Waals surface area contributed by atoms with Gasteiger partial charge in [-0.2, -0.15) is 0 Å². The van der Waals surface area contributed by atoms with Crippen LogP contribution in [0.1, 0.15) is 26.3 Å². The third-order valence-corrected chi connectivity index (χ3v) is 6.25. The molecule has 6 rings (SSSR count). The third kappa shape index (κ3) is 6.02. The van der Waals surface area contributed by atoms with E-state index < -0.39 is 0 Å². The Morgan fingerprint density at radius 2 is 1.41 bits per heavy atom. The SMILES string of the molecule is CC(C)(C)c1c[c-]c(-c2ccccn2)cc1.[Ir].[c-]1ccccc1-c1nccc2c1ccc1ccccc12. The molecule has 0 bridgehead atoms. The van der Waals surface area contributed by atoms with Gasteiger partial charge in [0.05, 0.1) is 0 Å². The molecule has 0 unspecified atom stereocenters. The van der Waals surface area contributed by atoms with Gasteiger partial charge < -0.3 is 9.97 Å². The van der Waals surface area contributed by atoms with E-state index >= 15 is 0 Å². The topological polar surface area (TPSA) is 25.8 Å². The fourth-order valence-corrected chi connectivity index (χ4v) is 4.27. The molecule has 0 fully saturated rings. The van der Waals surface area contributed by atoms with Gasteiger partial charge in [-0.25, -0.2) is 0 Å². The molecule has 2 heterocycles. The van der Waals surface area contributed by atoms with E-state index in [1.165, 1.54) is 27.1 Å². The molecule has 1 radical (unpaired) electrons. The van der Waals surface area contributed by atoms with Gasteiger partial charge in [0.1, 0.15) is 0 Å². The van der Waals surface area contributed by atoms with E-state index in [2.05, 4.69) is 110 Å². The summed E-state index contributed by atoms with van der Waals surface area (Å²) >= 11 is 0. The summed E-state index contributed by atoms with van der Waals surface area (Å²) in [6.07, 6.45) is 3.69. The number of pyridine rings is 2. The van der Waals surface area contributed by atoms with E-state index in [0.717, 1.165) is 22.5 Å².